The minimum absolute atomic E-state index is 0.0377. The van der Waals surface area contributed by atoms with Crippen LogP contribution in [0.25, 0.3) is 0 Å². The van der Waals surface area contributed by atoms with Gasteiger partial charge in [-0.05, 0) is 54.4 Å². The fourth-order valence-corrected chi connectivity index (χ4v) is 1.86. The number of carboxylic acids is 1. The van der Waals surface area contributed by atoms with Gasteiger partial charge >= 0.3 is 5.97 Å². The number of benzene rings is 1. The van der Waals surface area contributed by atoms with Crippen LogP contribution in [-0.4, -0.2) is 17.0 Å². The van der Waals surface area contributed by atoms with Crippen LogP contribution in [0.2, 0.25) is 0 Å². The van der Waals surface area contributed by atoms with Gasteiger partial charge in [-0.15, -0.1) is 0 Å². The first-order chi connectivity index (χ1) is 8.32. The van der Waals surface area contributed by atoms with Gasteiger partial charge in [0.25, 0.3) is 5.91 Å². The van der Waals surface area contributed by atoms with Crippen molar-refractivity contribution in [1.82, 2.24) is 0 Å². The Morgan fingerprint density at radius 2 is 1.83 bits per heavy atom. The molecule has 0 aromatic heterocycles. The van der Waals surface area contributed by atoms with Gasteiger partial charge in [-0.2, -0.15) is 0 Å². The van der Waals surface area contributed by atoms with Gasteiger partial charge in [-0.3, -0.25) is 4.79 Å². The molecule has 1 rings (SSSR count). The first-order valence-corrected chi connectivity index (χ1v) is 6.10. The molecule has 4 nitrogen and oxygen atoms in total. The van der Waals surface area contributed by atoms with E-state index in [0.29, 0.717) is 5.69 Å². The van der Waals surface area contributed by atoms with Crippen LogP contribution < -0.4 is 5.32 Å². The van der Waals surface area contributed by atoms with Crippen LogP contribution in [0.3, 0.4) is 0 Å². The molecule has 5 heteroatoms. The molecular weight excluding hydrogens is 298 g/mol. The van der Waals surface area contributed by atoms with Gasteiger partial charge in [0.05, 0.1) is 5.69 Å². The summed E-state index contributed by atoms with van der Waals surface area (Å²) in [6, 6.07) is 5.50. The van der Waals surface area contributed by atoms with E-state index in [1.807, 2.05) is 19.1 Å². The summed E-state index contributed by atoms with van der Waals surface area (Å²) in [5.74, 6) is -1.51. The van der Waals surface area contributed by atoms with Crippen molar-refractivity contribution < 1.29 is 14.7 Å². The Morgan fingerprint density at radius 3 is 2.33 bits per heavy atom. The average molecular weight is 312 g/mol. The van der Waals surface area contributed by atoms with Gasteiger partial charge in [-0.25, -0.2) is 4.79 Å². The molecule has 0 unspecified atom stereocenters. The summed E-state index contributed by atoms with van der Waals surface area (Å²) in [5.41, 5.74) is 1.91. The molecule has 1 amide bonds. The van der Waals surface area contributed by atoms with Gasteiger partial charge in [0.1, 0.15) is 0 Å². The van der Waals surface area contributed by atoms with E-state index in [1.165, 1.54) is 13.8 Å². The third-order valence-electron chi connectivity index (χ3n) is 2.60. The van der Waals surface area contributed by atoms with Crippen molar-refractivity contribution in [1.29, 1.82) is 0 Å². The van der Waals surface area contributed by atoms with Gasteiger partial charge in [0.2, 0.25) is 0 Å². The van der Waals surface area contributed by atoms with Crippen LogP contribution in [0.1, 0.15) is 19.4 Å². The number of carboxylic acid groups (broad SMARTS) is 1. The van der Waals surface area contributed by atoms with E-state index in [9.17, 15) is 9.59 Å². The second-order valence-corrected chi connectivity index (χ2v) is 4.85. The molecule has 0 aliphatic carbocycles. The summed E-state index contributed by atoms with van der Waals surface area (Å²) >= 11 is 3.34. The summed E-state index contributed by atoms with van der Waals surface area (Å²) in [7, 11) is 0. The molecule has 0 aliphatic rings. The number of rotatable bonds is 3. The largest absolute Gasteiger partial charge is 0.478 e. The molecular formula is C13H14BrNO3. The average Bonchev–Trinajstić information content (AvgIpc) is 2.30. The smallest absolute Gasteiger partial charge is 0.331 e. The summed E-state index contributed by atoms with van der Waals surface area (Å²) in [6.07, 6.45) is 0. The summed E-state index contributed by atoms with van der Waals surface area (Å²) in [5, 5.41) is 11.5. The molecule has 0 saturated carbocycles. The Morgan fingerprint density at radius 1 is 1.22 bits per heavy atom. The zero-order valence-electron chi connectivity index (χ0n) is 10.4. The van der Waals surface area contributed by atoms with E-state index >= 15 is 0 Å². The Balaban J connectivity index is 2.95. The number of amides is 1. The van der Waals surface area contributed by atoms with Gasteiger partial charge in [-0.1, -0.05) is 6.07 Å². The Hall–Kier alpha value is -1.62. The van der Waals surface area contributed by atoms with Crippen molar-refractivity contribution in [2.45, 2.75) is 20.8 Å². The second kappa shape index (κ2) is 5.82. The van der Waals surface area contributed by atoms with E-state index < -0.39 is 11.9 Å². The highest BCUT2D eigenvalue weighted by atomic mass is 79.9. The normalized spacial score (nSPS) is 11.8. The number of carbonyl (C=O) groups excluding carboxylic acids is 1. The molecule has 1 aromatic carbocycles. The lowest BCUT2D eigenvalue weighted by Gasteiger charge is -2.09. The molecule has 0 fully saturated rings. The van der Waals surface area contributed by atoms with Crippen molar-refractivity contribution in [3.05, 3.63) is 39.4 Å². The van der Waals surface area contributed by atoms with Crippen LogP contribution in [-0.2, 0) is 9.59 Å². The third kappa shape index (κ3) is 3.43. The molecule has 0 saturated heterocycles. The molecule has 0 aliphatic heterocycles. The number of aliphatic carboxylic acids is 1. The third-order valence-corrected chi connectivity index (χ3v) is 3.25. The van der Waals surface area contributed by atoms with Crippen molar-refractivity contribution in [3.8, 4) is 0 Å². The minimum Gasteiger partial charge on any atom is -0.478 e. The van der Waals surface area contributed by atoms with E-state index in [2.05, 4.69) is 21.2 Å². The lowest BCUT2D eigenvalue weighted by Crippen LogP contribution is -2.16. The SMILES string of the molecule is CC(C(=O)O)=C(C)C(=O)Nc1ccc(C)cc1Br. The topological polar surface area (TPSA) is 66.4 Å². The number of hydrogen-bond donors (Lipinski definition) is 2. The fraction of sp³-hybridized carbons (Fsp3) is 0.231. The number of nitrogens with one attached hydrogen (secondary N) is 1. The number of carbonyl (C=O) groups is 2. The molecule has 0 heterocycles. The fourth-order valence-electron chi connectivity index (χ4n) is 1.27. The molecule has 18 heavy (non-hydrogen) atoms. The summed E-state index contributed by atoms with van der Waals surface area (Å²) in [4.78, 5) is 22.6. The molecule has 0 spiro atoms. The van der Waals surface area contributed by atoms with Crippen LogP contribution in [0.5, 0.6) is 0 Å². The molecule has 0 atom stereocenters. The first kappa shape index (κ1) is 14.4. The van der Waals surface area contributed by atoms with E-state index in [-0.39, 0.29) is 11.1 Å². The van der Waals surface area contributed by atoms with Crippen molar-refractivity contribution in [2.24, 2.45) is 0 Å². The standard InChI is InChI=1S/C13H14BrNO3/c1-7-4-5-11(10(14)6-7)15-12(16)8(2)9(3)13(17)18/h4-6H,1-3H3,(H,15,16)(H,17,18). The minimum atomic E-state index is -1.09. The Kier molecular flexibility index (Phi) is 4.67. The Bertz CT molecular complexity index is 535. The highest BCUT2D eigenvalue weighted by molar-refractivity contribution is 9.10. The Labute approximate surface area is 114 Å². The summed E-state index contributed by atoms with van der Waals surface area (Å²) < 4.78 is 0.761. The van der Waals surface area contributed by atoms with Gasteiger partial charge in [0.15, 0.2) is 0 Å². The maximum absolute atomic E-state index is 11.8. The van der Waals surface area contributed by atoms with E-state index in [4.69, 9.17) is 5.11 Å². The molecule has 0 radical (unpaired) electrons. The highest BCUT2D eigenvalue weighted by Gasteiger charge is 2.13. The van der Waals surface area contributed by atoms with Crippen LogP contribution in [0, 0.1) is 6.92 Å². The highest BCUT2D eigenvalue weighted by Crippen LogP contribution is 2.24. The molecule has 0 bridgehead atoms. The van der Waals surface area contributed by atoms with Crippen molar-refractivity contribution in [2.75, 3.05) is 5.32 Å². The quantitative estimate of drug-likeness (QED) is 0.843. The van der Waals surface area contributed by atoms with Gasteiger partial charge in [0, 0.05) is 15.6 Å². The number of anilines is 1. The van der Waals surface area contributed by atoms with Crippen LogP contribution in [0.15, 0.2) is 33.8 Å². The van der Waals surface area contributed by atoms with Crippen LogP contribution in [0.4, 0.5) is 5.69 Å². The van der Waals surface area contributed by atoms with Gasteiger partial charge < -0.3 is 10.4 Å². The molecule has 2 N–H and O–H groups in total. The molecule has 96 valence electrons. The first-order valence-electron chi connectivity index (χ1n) is 5.31. The predicted molar refractivity (Wildman–Crippen MR) is 73.5 cm³/mol. The zero-order chi connectivity index (χ0) is 13.9. The van der Waals surface area contributed by atoms with Crippen molar-refractivity contribution in [3.63, 3.8) is 0 Å². The number of hydrogen-bond acceptors (Lipinski definition) is 2. The second-order valence-electron chi connectivity index (χ2n) is 3.99. The van der Waals surface area contributed by atoms with E-state index in [1.54, 1.807) is 6.07 Å². The lowest BCUT2D eigenvalue weighted by molar-refractivity contribution is -0.133. The lowest BCUT2D eigenvalue weighted by atomic mass is 10.1. The number of halogens is 1. The maximum atomic E-state index is 11.8. The maximum Gasteiger partial charge on any atom is 0.331 e. The number of aryl methyl sites for hydroxylation is 1. The van der Waals surface area contributed by atoms with Crippen molar-refractivity contribution >= 4 is 33.5 Å². The zero-order valence-corrected chi connectivity index (χ0v) is 12.0. The van der Waals surface area contributed by atoms with E-state index in [0.717, 1.165) is 10.0 Å². The van der Waals surface area contributed by atoms with Crippen LogP contribution >= 0.6 is 15.9 Å². The summed E-state index contributed by atoms with van der Waals surface area (Å²) in [6.45, 7) is 4.83. The molecule has 1 aromatic rings. The monoisotopic (exact) mass is 311 g/mol. The predicted octanol–water partition coefficient (Wildman–Crippen LogP) is 3.12.